The molecule has 2 heterocycles. The lowest BCUT2D eigenvalue weighted by Gasteiger charge is -2.51. The van der Waals surface area contributed by atoms with E-state index in [1.807, 2.05) is 42.5 Å². The van der Waals surface area contributed by atoms with E-state index in [4.69, 9.17) is 14.2 Å². The predicted molar refractivity (Wildman–Crippen MR) is 135 cm³/mol. The fourth-order valence-corrected chi connectivity index (χ4v) is 4.61. The third kappa shape index (κ3) is 5.72. The molecule has 1 N–H and O–H groups in total. The Morgan fingerprint density at radius 1 is 0.919 bits per heavy atom. The third-order valence-electron chi connectivity index (χ3n) is 6.67. The molecule has 0 aromatic heterocycles. The van der Waals surface area contributed by atoms with Gasteiger partial charge in [0.2, 0.25) is 11.8 Å². The van der Waals surface area contributed by atoms with Crippen molar-refractivity contribution in [3.8, 4) is 17.2 Å². The van der Waals surface area contributed by atoms with Crippen molar-refractivity contribution >= 4 is 17.8 Å². The fraction of sp³-hybridized carbons (Fsp3) is 0.423. The van der Waals surface area contributed by atoms with Crippen LogP contribution in [0.3, 0.4) is 0 Å². The van der Waals surface area contributed by atoms with Crippen molar-refractivity contribution in [3.05, 3.63) is 53.6 Å². The van der Waals surface area contributed by atoms with E-state index in [9.17, 15) is 14.4 Å². The molecule has 4 rings (SSSR count). The van der Waals surface area contributed by atoms with Gasteiger partial charge < -0.3 is 29.3 Å². The minimum absolute atomic E-state index is 0.0192. The van der Waals surface area contributed by atoms with Crippen molar-refractivity contribution in [1.29, 1.82) is 0 Å². The average molecular weight is 512 g/mol. The summed E-state index contributed by atoms with van der Waals surface area (Å²) in [6, 6.07) is 12.7. The molecule has 2 aromatic carbocycles. The van der Waals surface area contributed by atoms with E-state index in [0.29, 0.717) is 31.0 Å². The van der Waals surface area contributed by atoms with Crippen LogP contribution in [0.15, 0.2) is 42.5 Å². The second-order valence-corrected chi connectivity index (χ2v) is 8.95. The van der Waals surface area contributed by atoms with Gasteiger partial charge in [0.1, 0.15) is 18.5 Å². The number of rotatable bonds is 8. The van der Waals surface area contributed by atoms with Crippen molar-refractivity contribution in [3.63, 3.8) is 0 Å². The molecule has 2 aliphatic rings. The maximum Gasteiger partial charge on any atom is 0.334 e. The topological polar surface area (TPSA) is 104 Å². The number of carbonyl (C=O) groups excluding carboxylic acids is 3. The summed E-state index contributed by atoms with van der Waals surface area (Å²) in [6.07, 6.45) is -0.00284. The summed E-state index contributed by atoms with van der Waals surface area (Å²) in [4.78, 5) is 42.1. The number of amides is 4. The number of carbonyl (C=O) groups is 3. The second kappa shape index (κ2) is 11.4. The first-order valence-corrected chi connectivity index (χ1v) is 12.0. The SMILES string of the molecule is COc1ccc(CNC(=O)N2C3CN(CCc4ccc(OC)c(OC)c4)C(=O)CN3C(=O)CN2C)cc1. The Kier molecular flexibility index (Phi) is 8.02. The maximum absolute atomic E-state index is 13.2. The summed E-state index contributed by atoms with van der Waals surface area (Å²) in [7, 11) is 6.46. The Balaban J connectivity index is 1.44. The summed E-state index contributed by atoms with van der Waals surface area (Å²) >= 11 is 0. The van der Waals surface area contributed by atoms with Gasteiger partial charge in [-0.05, 0) is 41.8 Å². The first-order chi connectivity index (χ1) is 17.8. The van der Waals surface area contributed by atoms with Crippen molar-refractivity contribution < 1.29 is 28.6 Å². The quantitative estimate of drug-likeness (QED) is 0.570. The molecule has 0 saturated carbocycles. The third-order valence-corrected chi connectivity index (χ3v) is 6.67. The first kappa shape index (κ1) is 26.1. The molecule has 1 unspecified atom stereocenters. The van der Waals surface area contributed by atoms with Crippen LogP contribution in [-0.4, -0.2) is 98.4 Å². The monoisotopic (exact) mass is 511 g/mol. The van der Waals surface area contributed by atoms with Gasteiger partial charge in [-0.2, -0.15) is 0 Å². The van der Waals surface area contributed by atoms with Gasteiger partial charge in [0, 0.05) is 20.1 Å². The summed E-state index contributed by atoms with van der Waals surface area (Å²) in [5.74, 6) is 1.67. The molecular formula is C26H33N5O6. The van der Waals surface area contributed by atoms with Gasteiger partial charge in [0.25, 0.3) is 0 Å². The van der Waals surface area contributed by atoms with Crippen LogP contribution in [0.2, 0.25) is 0 Å². The number of likely N-dealkylation sites (N-methyl/N-ethyl adjacent to an activating group) is 1. The van der Waals surface area contributed by atoms with Crippen LogP contribution in [0, 0.1) is 0 Å². The number of ether oxygens (including phenoxy) is 3. The smallest absolute Gasteiger partial charge is 0.334 e. The molecule has 2 aliphatic heterocycles. The molecule has 2 saturated heterocycles. The zero-order chi connectivity index (χ0) is 26.5. The Bertz CT molecular complexity index is 1140. The highest BCUT2D eigenvalue weighted by Crippen LogP contribution is 2.28. The van der Waals surface area contributed by atoms with Gasteiger partial charge in [-0.15, -0.1) is 0 Å². The van der Waals surface area contributed by atoms with E-state index in [1.165, 1.54) is 9.91 Å². The lowest BCUT2D eigenvalue weighted by atomic mass is 10.1. The van der Waals surface area contributed by atoms with Crippen LogP contribution in [0.1, 0.15) is 11.1 Å². The number of hydrogen-bond acceptors (Lipinski definition) is 7. The zero-order valence-electron chi connectivity index (χ0n) is 21.6. The van der Waals surface area contributed by atoms with E-state index in [-0.39, 0.29) is 37.5 Å². The highest BCUT2D eigenvalue weighted by molar-refractivity contribution is 5.89. The van der Waals surface area contributed by atoms with Crippen molar-refractivity contribution in [2.75, 3.05) is 54.6 Å². The van der Waals surface area contributed by atoms with Gasteiger partial charge in [-0.3, -0.25) is 9.59 Å². The molecule has 2 aromatic rings. The van der Waals surface area contributed by atoms with Crippen molar-refractivity contribution in [1.82, 2.24) is 25.1 Å². The molecule has 0 aliphatic carbocycles. The van der Waals surface area contributed by atoms with E-state index in [1.54, 1.807) is 38.3 Å². The summed E-state index contributed by atoms with van der Waals surface area (Å²) in [6.45, 7) is 0.933. The first-order valence-electron chi connectivity index (χ1n) is 12.0. The number of nitrogens with one attached hydrogen (secondary N) is 1. The fourth-order valence-electron chi connectivity index (χ4n) is 4.61. The van der Waals surface area contributed by atoms with Crippen LogP contribution in [-0.2, 0) is 22.6 Å². The lowest BCUT2D eigenvalue weighted by molar-refractivity contribution is -0.178. The molecule has 4 amide bonds. The minimum atomic E-state index is -0.592. The number of benzene rings is 2. The maximum atomic E-state index is 13.2. The van der Waals surface area contributed by atoms with E-state index >= 15 is 0 Å². The number of urea groups is 1. The highest BCUT2D eigenvalue weighted by Gasteiger charge is 2.45. The standard InChI is InChI=1S/C26H33N5O6/c1-28-16-25(33)30-17-24(32)29(12-11-18-7-10-21(36-3)22(13-18)37-4)15-23(30)31(28)26(34)27-14-19-5-8-20(35-2)9-6-19/h5-10,13,23H,11-12,14-17H2,1-4H3,(H,27,34). The molecule has 11 nitrogen and oxygen atoms in total. The molecular weight excluding hydrogens is 478 g/mol. The molecule has 0 bridgehead atoms. The number of methoxy groups -OCH3 is 3. The van der Waals surface area contributed by atoms with E-state index < -0.39 is 6.17 Å². The Labute approximate surface area is 216 Å². The highest BCUT2D eigenvalue weighted by atomic mass is 16.5. The summed E-state index contributed by atoms with van der Waals surface area (Å²) in [5, 5.41) is 6.06. The molecule has 198 valence electrons. The van der Waals surface area contributed by atoms with Gasteiger partial charge >= 0.3 is 6.03 Å². The molecule has 2 fully saturated rings. The van der Waals surface area contributed by atoms with Gasteiger partial charge in [0.15, 0.2) is 11.5 Å². The minimum Gasteiger partial charge on any atom is -0.497 e. The molecule has 0 radical (unpaired) electrons. The molecule has 0 spiro atoms. The number of nitrogens with zero attached hydrogens (tertiary/aromatic N) is 4. The Morgan fingerprint density at radius 3 is 2.30 bits per heavy atom. The van der Waals surface area contributed by atoms with E-state index in [2.05, 4.69) is 5.32 Å². The average Bonchev–Trinajstić information content (AvgIpc) is 2.91. The second-order valence-electron chi connectivity index (χ2n) is 8.95. The zero-order valence-corrected chi connectivity index (χ0v) is 21.6. The molecule has 1 atom stereocenters. The van der Waals surface area contributed by atoms with Gasteiger partial charge in [-0.25, -0.2) is 14.8 Å². The molecule has 37 heavy (non-hydrogen) atoms. The van der Waals surface area contributed by atoms with Crippen LogP contribution in [0.4, 0.5) is 4.79 Å². The van der Waals surface area contributed by atoms with Crippen LogP contribution in [0.5, 0.6) is 17.2 Å². The summed E-state index contributed by atoms with van der Waals surface area (Å²) < 4.78 is 15.9. The lowest BCUT2D eigenvalue weighted by Crippen LogP contribution is -2.73. The van der Waals surface area contributed by atoms with Crippen LogP contribution < -0.4 is 19.5 Å². The number of hydrazine groups is 1. The Morgan fingerprint density at radius 2 is 1.62 bits per heavy atom. The van der Waals surface area contributed by atoms with Gasteiger partial charge in [-0.1, -0.05) is 18.2 Å². The molecule has 11 heteroatoms. The largest absolute Gasteiger partial charge is 0.497 e. The number of hydrogen-bond donors (Lipinski definition) is 1. The predicted octanol–water partition coefficient (Wildman–Crippen LogP) is 1.32. The number of fused-ring (bicyclic) bond motifs is 1. The van der Waals surface area contributed by atoms with Crippen molar-refractivity contribution in [2.45, 2.75) is 19.1 Å². The Hall–Kier alpha value is -3.99. The van der Waals surface area contributed by atoms with Crippen LogP contribution in [0.25, 0.3) is 0 Å². The normalized spacial score (nSPS) is 17.9. The van der Waals surface area contributed by atoms with Gasteiger partial charge in [0.05, 0.1) is 34.4 Å². The van der Waals surface area contributed by atoms with Crippen molar-refractivity contribution in [2.24, 2.45) is 0 Å². The number of piperazine rings is 1. The summed E-state index contributed by atoms with van der Waals surface area (Å²) in [5.41, 5.74) is 1.90. The van der Waals surface area contributed by atoms with E-state index in [0.717, 1.165) is 16.9 Å². The van der Waals surface area contributed by atoms with Crippen LogP contribution >= 0.6 is 0 Å².